The number of rotatable bonds is 2. The fourth-order valence-corrected chi connectivity index (χ4v) is 3.41. The first kappa shape index (κ1) is 11.6. The third kappa shape index (κ3) is 1.62. The molecule has 0 amide bonds. The topological polar surface area (TPSA) is 73.0 Å². The van der Waals surface area contributed by atoms with Crippen molar-refractivity contribution in [3.05, 3.63) is 28.6 Å². The molecule has 1 aromatic rings. The van der Waals surface area contributed by atoms with Crippen molar-refractivity contribution in [2.45, 2.75) is 17.6 Å². The zero-order valence-corrected chi connectivity index (χ0v) is 10.2. The van der Waals surface area contributed by atoms with Crippen LogP contribution in [-0.2, 0) is 25.9 Å². The van der Waals surface area contributed by atoms with Crippen molar-refractivity contribution in [3.63, 3.8) is 0 Å². The molecule has 0 spiro atoms. The van der Waals surface area contributed by atoms with Gasteiger partial charge in [-0.25, -0.2) is 17.6 Å². The Morgan fingerprint density at radius 3 is 2.67 bits per heavy atom. The van der Waals surface area contributed by atoms with Crippen molar-refractivity contribution in [3.8, 4) is 0 Å². The summed E-state index contributed by atoms with van der Waals surface area (Å²) in [5, 5.41) is 0. The lowest BCUT2D eigenvalue weighted by atomic mass is 10.0. The molecule has 0 N–H and O–H groups in total. The van der Waals surface area contributed by atoms with Gasteiger partial charge in [-0.2, -0.15) is 0 Å². The van der Waals surface area contributed by atoms with E-state index >= 15 is 0 Å². The first-order valence-electron chi connectivity index (χ1n) is 5.23. The van der Waals surface area contributed by atoms with Gasteiger partial charge in [0.1, 0.15) is 24.1 Å². The van der Waals surface area contributed by atoms with E-state index in [-0.39, 0.29) is 28.2 Å². The molecule has 2 heterocycles. The summed E-state index contributed by atoms with van der Waals surface area (Å²) in [6.07, 6.45) is 0.611. The number of carbonyl (C=O) groups excluding carboxylic acids is 1. The Morgan fingerprint density at radius 2 is 2.11 bits per heavy atom. The van der Waals surface area contributed by atoms with Crippen LogP contribution in [0.3, 0.4) is 0 Å². The molecule has 7 heteroatoms. The van der Waals surface area contributed by atoms with Crippen molar-refractivity contribution in [1.82, 2.24) is 0 Å². The third-order valence-electron chi connectivity index (χ3n) is 2.96. The maximum absolute atomic E-state index is 13.8. The molecule has 0 aromatic heterocycles. The molecule has 5 nitrogen and oxygen atoms in total. The number of carbonyl (C=O) groups is 1. The molecule has 96 valence electrons. The van der Waals surface area contributed by atoms with Gasteiger partial charge in [-0.1, -0.05) is 0 Å². The van der Waals surface area contributed by atoms with E-state index in [4.69, 9.17) is 9.47 Å². The van der Waals surface area contributed by atoms with E-state index < -0.39 is 27.7 Å². The molecule has 18 heavy (non-hydrogen) atoms. The molecule has 2 aliphatic rings. The van der Waals surface area contributed by atoms with Gasteiger partial charge >= 0.3 is 5.97 Å². The summed E-state index contributed by atoms with van der Waals surface area (Å²) in [7, 11) is -3.58. The van der Waals surface area contributed by atoms with Crippen molar-refractivity contribution < 1.29 is 27.1 Å². The van der Waals surface area contributed by atoms with Gasteiger partial charge in [0.05, 0.1) is 11.5 Å². The molecule has 1 saturated heterocycles. The highest BCUT2D eigenvalue weighted by atomic mass is 32.2. The third-order valence-corrected chi connectivity index (χ3v) is 4.19. The highest BCUT2D eigenvalue weighted by Crippen LogP contribution is 2.40. The molecule has 2 aliphatic heterocycles. The van der Waals surface area contributed by atoms with Crippen molar-refractivity contribution in [1.29, 1.82) is 0 Å². The Bertz CT molecular complexity index is 661. The molecule has 0 bridgehead atoms. The summed E-state index contributed by atoms with van der Waals surface area (Å²) in [5.74, 6) is -1.58. The molecule has 1 atom stereocenters. The number of halogens is 1. The highest BCUT2D eigenvalue weighted by molar-refractivity contribution is 7.90. The average molecular weight is 272 g/mol. The number of ether oxygens (including phenoxy) is 2. The summed E-state index contributed by atoms with van der Waals surface area (Å²) < 4.78 is 47.2. The molecule has 1 fully saturated rings. The number of esters is 1. The highest BCUT2D eigenvalue weighted by Gasteiger charge is 2.38. The van der Waals surface area contributed by atoms with Crippen LogP contribution in [0, 0.1) is 5.82 Å². The summed E-state index contributed by atoms with van der Waals surface area (Å²) in [6.45, 7) is 0.142. The molecule has 3 rings (SSSR count). The molecule has 0 saturated carbocycles. The maximum atomic E-state index is 13.8. The summed E-state index contributed by atoms with van der Waals surface area (Å²) in [6, 6.07) is 1.06. The zero-order chi connectivity index (χ0) is 13.1. The number of hydrogen-bond donors (Lipinski definition) is 0. The second kappa shape index (κ2) is 3.52. The van der Waals surface area contributed by atoms with Gasteiger partial charge < -0.3 is 9.47 Å². The van der Waals surface area contributed by atoms with Crippen molar-refractivity contribution in [2.75, 3.05) is 12.9 Å². The number of sulfone groups is 1. The lowest BCUT2D eigenvalue weighted by Gasteiger charge is -2.10. The van der Waals surface area contributed by atoms with Crippen LogP contribution in [0.5, 0.6) is 0 Å². The van der Waals surface area contributed by atoms with Gasteiger partial charge in [0.25, 0.3) is 0 Å². The molecule has 1 unspecified atom stereocenters. The van der Waals surface area contributed by atoms with E-state index in [0.717, 1.165) is 12.3 Å². The predicted molar refractivity (Wildman–Crippen MR) is 57.3 cm³/mol. The Labute approximate surface area is 102 Å². The second-order valence-corrected chi connectivity index (χ2v) is 6.25. The van der Waals surface area contributed by atoms with Crippen LogP contribution in [0.25, 0.3) is 0 Å². The summed E-state index contributed by atoms with van der Waals surface area (Å²) in [5.41, 5.74) is 0.0971. The van der Waals surface area contributed by atoms with Crippen LogP contribution in [0.4, 0.5) is 4.39 Å². The minimum Gasteiger partial charge on any atom is -0.457 e. The summed E-state index contributed by atoms with van der Waals surface area (Å²) in [4.78, 5) is 11.3. The number of epoxide rings is 1. The van der Waals surface area contributed by atoms with Gasteiger partial charge in [0.2, 0.25) is 0 Å². The van der Waals surface area contributed by atoms with E-state index in [1.54, 1.807) is 0 Å². The number of hydrogen-bond acceptors (Lipinski definition) is 5. The molecular weight excluding hydrogens is 263 g/mol. The maximum Gasteiger partial charge on any atom is 0.341 e. The van der Waals surface area contributed by atoms with E-state index in [9.17, 15) is 17.6 Å². The zero-order valence-electron chi connectivity index (χ0n) is 9.40. The molecule has 0 aliphatic carbocycles. The number of cyclic esters (lactones) is 1. The SMILES string of the molecule is CS(=O)(=O)c1c(C2CO2)cc(F)c2c1COC2=O. The first-order valence-corrected chi connectivity index (χ1v) is 7.13. The molecule has 0 radical (unpaired) electrons. The van der Waals surface area contributed by atoms with Crippen molar-refractivity contribution >= 4 is 15.8 Å². The normalized spacial score (nSPS) is 21.7. The number of benzene rings is 1. The van der Waals surface area contributed by atoms with Crippen LogP contribution >= 0.6 is 0 Å². The Balaban J connectivity index is 2.37. The van der Waals surface area contributed by atoms with Gasteiger partial charge in [-0.05, 0) is 6.07 Å². The Hall–Kier alpha value is -1.47. The van der Waals surface area contributed by atoms with E-state index in [0.29, 0.717) is 6.61 Å². The lowest BCUT2D eigenvalue weighted by molar-refractivity contribution is 0.0530. The quantitative estimate of drug-likeness (QED) is 0.455. The lowest BCUT2D eigenvalue weighted by Crippen LogP contribution is -2.09. The first-order chi connectivity index (χ1) is 8.39. The smallest absolute Gasteiger partial charge is 0.341 e. The minimum atomic E-state index is -3.58. The van der Waals surface area contributed by atoms with Gasteiger partial charge in [-0.15, -0.1) is 0 Å². The Morgan fingerprint density at radius 1 is 1.44 bits per heavy atom. The fourth-order valence-electron chi connectivity index (χ4n) is 2.18. The monoisotopic (exact) mass is 272 g/mol. The standard InChI is InChI=1S/C11H9FO5S/c1-18(14,15)10-5(8-4-16-8)2-7(12)9-6(10)3-17-11(9)13/h2,8H,3-4H2,1H3. The van der Waals surface area contributed by atoms with Crippen LogP contribution < -0.4 is 0 Å². The van der Waals surface area contributed by atoms with Crippen LogP contribution in [0.2, 0.25) is 0 Å². The van der Waals surface area contributed by atoms with E-state index in [2.05, 4.69) is 0 Å². The van der Waals surface area contributed by atoms with Gasteiger partial charge in [0, 0.05) is 17.4 Å². The minimum absolute atomic E-state index is 0.0350. The average Bonchev–Trinajstić information content (AvgIpc) is 3.01. The fraction of sp³-hybridized carbons (Fsp3) is 0.364. The largest absolute Gasteiger partial charge is 0.457 e. The van der Waals surface area contributed by atoms with Gasteiger partial charge in [0.15, 0.2) is 9.84 Å². The molecular formula is C11H9FO5S. The number of fused-ring (bicyclic) bond motifs is 1. The van der Waals surface area contributed by atoms with Crippen molar-refractivity contribution in [2.24, 2.45) is 0 Å². The van der Waals surface area contributed by atoms with Crippen LogP contribution in [-0.4, -0.2) is 27.2 Å². The van der Waals surface area contributed by atoms with E-state index in [1.807, 2.05) is 0 Å². The predicted octanol–water partition coefficient (Wildman–Crippen LogP) is 0.971. The summed E-state index contributed by atoms with van der Waals surface area (Å²) >= 11 is 0. The second-order valence-electron chi connectivity index (χ2n) is 4.30. The molecule has 1 aromatic carbocycles. The van der Waals surface area contributed by atoms with Crippen LogP contribution in [0.15, 0.2) is 11.0 Å². The van der Waals surface area contributed by atoms with Crippen LogP contribution in [0.1, 0.15) is 27.6 Å². The van der Waals surface area contributed by atoms with Gasteiger partial charge in [-0.3, -0.25) is 0 Å². The van der Waals surface area contributed by atoms with E-state index in [1.165, 1.54) is 0 Å². The Kier molecular flexibility index (Phi) is 2.27.